The van der Waals surface area contributed by atoms with E-state index in [1.807, 2.05) is 0 Å². The molecule has 0 aliphatic rings. The second-order valence-corrected chi connectivity index (χ2v) is 4.81. The zero-order chi connectivity index (χ0) is 14.6. The number of halogens is 2. The van der Waals surface area contributed by atoms with Crippen molar-refractivity contribution in [3.8, 4) is 0 Å². The minimum absolute atomic E-state index is 0.0914. The Kier molecular flexibility index (Phi) is 5.14. The minimum atomic E-state index is -1.29. The van der Waals surface area contributed by atoms with E-state index in [1.54, 1.807) is 13.8 Å². The van der Waals surface area contributed by atoms with E-state index < -0.39 is 17.4 Å². The highest BCUT2D eigenvalue weighted by atomic mass is 35.5. The van der Waals surface area contributed by atoms with E-state index in [4.69, 9.17) is 23.2 Å². The van der Waals surface area contributed by atoms with Gasteiger partial charge < -0.3 is 10.4 Å². The molecule has 1 aromatic heterocycles. The van der Waals surface area contributed by atoms with E-state index in [0.717, 1.165) is 0 Å². The molecular formula is C12H14Cl2N2O3. The zero-order valence-corrected chi connectivity index (χ0v) is 12.0. The summed E-state index contributed by atoms with van der Waals surface area (Å²) in [6.45, 7) is 3.40. The third-order valence-electron chi connectivity index (χ3n) is 3.03. The Morgan fingerprint density at radius 1 is 1.37 bits per heavy atom. The Balaban J connectivity index is 3.00. The molecule has 0 aliphatic heterocycles. The molecular weight excluding hydrogens is 291 g/mol. The molecule has 0 saturated carbocycles. The molecule has 1 amide bonds. The molecule has 1 aromatic rings. The Hall–Kier alpha value is -1.33. The number of carbonyl (C=O) groups is 2. The van der Waals surface area contributed by atoms with Crippen molar-refractivity contribution in [3.05, 3.63) is 28.0 Å². The summed E-state index contributed by atoms with van der Waals surface area (Å²) in [5.41, 5.74) is -1.12. The van der Waals surface area contributed by atoms with Gasteiger partial charge in [0.15, 0.2) is 0 Å². The summed E-state index contributed by atoms with van der Waals surface area (Å²) in [4.78, 5) is 27.1. The van der Waals surface area contributed by atoms with Crippen LogP contribution in [0.25, 0.3) is 0 Å². The summed E-state index contributed by atoms with van der Waals surface area (Å²) >= 11 is 11.4. The van der Waals surface area contributed by atoms with Crippen molar-refractivity contribution in [2.24, 2.45) is 0 Å². The van der Waals surface area contributed by atoms with E-state index >= 15 is 0 Å². The summed E-state index contributed by atoms with van der Waals surface area (Å²) in [7, 11) is 0. The predicted molar refractivity (Wildman–Crippen MR) is 72.7 cm³/mol. The number of carboxylic acids is 1. The van der Waals surface area contributed by atoms with Crippen LogP contribution in [0.1, 0.15) is 37.0 Å². The fourth-order valence-electron chi connectivity index (χ4n) is 1.62. The molecule has 1 heterocycles. The Morgan fingerprint density at radius 3 is 2.37 bits per heavy atom. The van der Waals surface area contributed by atoms with Gasteiger partial charge in [0.2, 0.25) is 0 Å². The number of hydrogen-bond donors (Lipinski definition) is 2. The maximum atomic E-state index is 12.0. The van der Waals surface area contributed by atoms with E-state index in [9.17, 15) is 14.7 Å². The number of carboxylic acid groups (broad SMARTS) is 1. The van der Waals surface area contributed by atoms with Crippen LogP contribution in [0.3, 0.4) is 0 Å². The quantitative estimate of drug-likeness (QED) is 0.820. The van der Waals surface area contributed by atoms with Crippen molar-refractivity contribution in [3.63, 3.8) is 0 Å². The molecule has 0 atom stereocenters. The first-order valence-electron chi connectivity index (χ1n) is 5.73. The van der Waals surface area contributed by atoms with Crippen molar-refractivity contribution in [1.82, 2.24) is 10.3 Å². The van der Waals surface area contributed by atoms with Crippen molar-refractivity contribution in [2.45, 2.75) is 32.2 Å². The molecule has 19 heavy (non-hydrogen) atoms. The molecule has 2 N–H and O–H groups in total. The first kappa shape index (κ1) is 15.7. The van der Waals surface area contributed by atoms with Crippen LogP contribution in [0, 0.1) is 0 Å². The molecule has 0 radical (unpaired) electrons. The molecule has 0 saturated heterocycles. The van der Waals surface area contributed by atoms with Gasteiger partial charge in [0.1, 0.15) is 10.7 Å². The lowest BCUT2D eigenvalue weighted by Crippen LogP contribution is -2.53. The largest absolute Gasteiger partial charge is 0.480 e. The first-order valence-corrected chi connectivity index (χ1v) is 6.48. The number of nitrogens with zero attached hydrogens (tertiary/aromatic N) is 1. The number of rotatable bonds is 5. The summed E-state index contributed by atoms with van der Waals surface area (Å²) in [6.07, 6.45) is 1.81. The predicted octanol–water partition coefficient (Wildman–Crippen LogP) is 2.76. The van der Waals surface area contributed by atoms with Crippen LogP contribution in [0.4, 0.5) is 0 Å². The van der Waals surface area contributed by atoms with Gasteiger partial charge in [-0.1, -0.05) is 37.0 Å². The molecule has 0 spiro atoms. The van der Waals surface area contributed by atoms with E-state index in [-0.39, 0.29) is 28.6 Å². The van der Waals surface area contributed by atoms with Crippen molar-refractivity contribution in [1.29, 1.82) is 0 Å². The lowest BCUT2D eigenvalue weighted by molar-refractivity contribution is -0.144. The van der Waals surface area contributed by atoms with Gasteiger partial charge in [0.05, 0.1) is 10.6 Å². The minimum Gasteiger partial charge on any atom is -0.480 e. The number of hydrogen-bond acceptors (Lipinski definition) is 3. The fourth-order valence-corrected chi connectivity index (χ4v) is 1.89. The smallest absolute Gasteiger partial charge is 0.329 e. The topological polar surface area (TPSA) is 79.3 Å². The second-order valence-electron chi connectivity index (χ2n) is 4.05. The summed E-state index contributed by atoms with van der Waals surface area (Å²) < 4.78 is 0. The van der Waals surface area contributed by atoms with Crippen LogP contribution in [0.2, 0.25) is 10.2 Å². The molecule has 0 aromatic carbocycles. The highest BCUT2D eigenvalue weighted by Crippen LogP contribution is 2.21. The average Bonchev–Trinajstić information content (AvgIpc) is 2.38. The highest BCUT2D eigenvalue weighted by molar-refractivity contribution is 6.41. The van der Waals surface area contributed by atoms with Gasteiger partial charge in [-0.05, 0) is 18.9 Å². The van der Waals surface area contributed by atoms with Crippen molar-refractivity contribution in [2.75, 3.05) is 0 Å². The molecule has 0 unspecified atom stereocenters. The first-order chi connectivity index (χ1) is 8.86. The Morgan fingerprint density at radius 2 is 1.95 bits per heavy atom. The van der Waals surface area contributed by atoms with Gasteiger partial charge in [-0.15, -0.1) is 0 Å². The maximum Gasteiger partial charge on any atom is 0.329 e. The number of aromatic nitrogens is 1. The third kappa shape index (κ3) is 3.36. The maximum absolute atomic E-state index is 12.0. The summed E-state index contributed by atoms with van der Waals surface area (Å²) in [5.74, 6) is -1.61. The summed E-state index contributed by atoms with van der Waals surface area (Å²) in [6, 6.07) is 1.35. The number of pyridine rings is 1. The number of amides is 1. The van der Waals surface area contributed by atoms with E-state index in [0.29, 0.717) is 0 Å². The lowest BCUT2D eigenvalue weighted by atomic mass is 9.92. The molecule has 0 bridgehead atoms. The van der Waals surface area contributed by atoms with Crippen LogP contribution in [-0.2, 0) is 4.79 Å². The van der Waals surface area contributed by atoms with Crippen LogP contribution >= 0.6 is 23.2 Å². The van der Waals surface area contributed by atoms with Crippen molar-refractivity contribution >= 4 is 35.1 Å². The average molecular weight is 305 g/mol. The number of nitrogens with one attached hydrogen (secondary N) is 1. The Bertz CT molecular complexity index is 502. The highest BCUT2D eigenvalue weighted by Gasteiger charge is 2.36. The van der Waals surface area contributed by atoms with Crippen LogP contribution < -0.4 is 5.32 Å². The molecule has 5 nitrogen and oxygen atoms in total. The lowest BCUT2D eigenvalue weighted by Gasteiger charge is -2.28. The van der Waals surface area contributed by atoms with Gasteiger partial charge in [0, 0.05) is 6.20 Å². The molecule has 104 valence electrons. The molecule has 0 fully saturated rings. The molecule has 7 heteroatoms. The van der Waals surface area contributed by atoms with Gasteiger partial charge in [-0.2, -0.15) is 0 Å². The van der Waals surface area contributed by atoms with Gasteiger partial charge >= 0.3 is 5.97 Å². The third-order valence-corrected chi connectivity index (χ3v) is 3.71. The second kappa shape index (κ2) is 6.21. The molecule has 0 aliphatic carbocycles. The van der Waals surface area contributed by atoms with E-state index in [2.05, 4.69) is 10.3 Å². The van der Waals surface area contributed by atoms with E-state index in [1.165, 1.54) is 12.3 Å². The van der Waals surface area contributed by atoms with Gasteiger partial charge in [-0.3, -0.25) is 4.79 Å². The summed E-state index contributed by atoms with van der Waals surface area (Å²) in [5, 5.41) is 12.0. The van der Waals surface area contributed by atoms with Gasteiger partial charge in [0.25, 0.3) is 5.91 Å². The van der Waals surface area contributed by atoms with Gasteiger partial charge in [-0.25, -0.2) is 9.78 Å². The Labute approximate surface area is 120 Å². The normalized spacial score (nSPS) is 11.2. The SMILES string of the molecule is CCC(CC)(NC(=O)c1cnc(Cl)c(Cl)c1)C(=O)O. The van der Waals surface area contributed by atoms with Crippen LogP contribution in [0.5, 0.6) is 0 Å². The van der Waals surface area contributed by atoms with Crippen LogP contribution in [-0.4, -0.2) is 27.5 Å². The zero-order valence-electron chi connectivity index (χ0n) is 10.5. The van der Waals surface area contributed by atoms with Crippen molar-refractivity contribution < 1.29 is 14.7 Å². The number of aliphatic carboxylic acids is 1. The monoisotopic (exact) mass is 304 g/mol. The fraction of sp³-hybridized carbons (Fsp3) is 0.417. The standard InChI is InChI=1S/C12H14Cl2N2O3/c1-3-12(4-2,11(18)19)16-10(17)7-5-8(13)9(14)15-6-7/h5-6H,3-4H2,1-2H3,(H,16,17)(H,18,19). The number of carbonyl (C=O) groups excluding carboxylic acids is 1. The van der Waals surface area contributed by atoms with Crippen LogP contribution in [0.15, 0.2) is 12.3 Å². The molecule has 1 rings (SSSR count).